The lowest BCUT2D eigenvalue weighted by Gasteiger charge is -2.08. The van der Waals surface area contributed by atoms with Crippen LogP contribution in [0.3, 0.4) is 0 Å². The minimum absolute atomic E-state index is 0.195. The van der Waals surface area contributed by atoms with E-state index in [0.29, 0.717) is 5.92 Å². The van der Waals surface area contributed by atoms with Gasteiger partial charge < -0.3 is 0 Å². The van der Waals surface area contributed by atoms with Gasteiger partial charge >= 0.3 is 0 Å². The molecule has 3 nitrogen and oxygen atoms in total. The van der Waals surface area contributed by atoms with Crippen LogP contribution >= 0.6 is 0 Å². The van der Waals surface area contributed by atoms with Crippen LogP contribution in [0.25, 0.3) is 27.2 Å². The first kappa shape index (κ1) is 11.2. The fourth-order valence-electron chi connectivity index (χ4n) is 3.14. The number of hydrogen-bond acceptors (Lipinski definition) is 2. The number of rotatable bonds is 1. The second-order valence-electron chi connectivity index (χ2n) is 5.73. The molecular formula is C17H12FN3. The second kappa shape index (κ2) is 3.79. The summed E-state index contributed by atoms with van der Waals surface area (Å²) in [5.74, 6) is 0.349. The summed E-state index contributed by atoms with van der Waals surface area (Å²) in [7, 11) is 0. The molecule has 1 aromatic carbocycles. The molecule has 1 aliphatic carbocycles. The molecule has 0 aliphatic heterocycles. The Bertz CT molecular complexity index is 1010. The highest BCUT2D eigenvalue weighted by atomic mass is 19.1. The third-order valence-electron chi connectivity index (χ3n) is 4.29. The maximum absolute atomic E-state index is 13.6. The first-order chi connectivity index (χ1) is 10.3. The molecule has 0 spiro atoms. The molecule has 0 bridgehead atoms. The zero-order valence-corrected chi connectivity index (χ0v) is 11.3. The SMILES string of the molecule is Fc1ccc2c(c1)cc(C1CC1)n1nc3cnccc3c21. The van der Waals surface area contributed by atoms with Crippen molar-refractivity contribution < 1.29 is 4.39 Å². The molecule has 0 atom stereocenters. The molecule has 0 amide bonds. The van der Waals surface area contributed by atoms with Gasteiger partial charge in [-0.25, -0.2) is 8.91 Å². The van der Waals surface area contributed by atoms with Crippen LogP contribution in [0, 0.1) is 5.82 Å². The molecular weight excluding hydrogens is 265 g/mol. The summed E-state index contributed by atoms with van der Waals surface area (Å²) in [5.41, 5.74) is 3.13. The number of pyridine rings is 2. The van der Waals surface area contributed by atoms with Crippen molar-refractivity contribution >= 4 is 27.2 Å². The lowest BCUT2D eigenvalue weighted by molar-refractivity contribution is 0.629. The van der Waals surface area contributed by atoms with Crippen molar-refractivity contribution in [1.29, 1.82) is 0 Å². The van der Waals surface area contributed by atoms with Crippen molar-refractivity contribution in [3.8, 4) is 0 Å². The highest BCUT2D eigenvalue weighted by molar-refractivity contribution is 6.09. The first-order valence-corrected chi connectivity index (χ1v) is 7.16. The smallest absolute Gasteiger partial charge is 0.123 e. The molecule has 3 aromatic heterocycles. The minimum Gasteiger partial charge on any atom is -0.262 e. The lowest BCUT2D eigenvalue weighted by Crippen LogP contribution is -1.97. The van der Waals surface area contributed by atoms with Gasteiger partial charge in [-0.05, 0) is 48.6 Å². The molecule has 4 heteroatoms. The Morgan fingerprint density at radius 2 is 2.00 bits per heavy atom. The number of fused-ring (bicyclic) bond motifs is 5. The third kappa shape index (κ3) is 1.53. The van der Waals surface area contributed by atoms with E-state index >= 15 is 0 Å². The Balaban J connectivity index is 2.07. The van der Waals surface area contributed by atoms with E-state index in [1.165, 1.54) is 24.6 Å². The van der Waals surface area contributed by atoms with E-state index in [2.05, 4.69) is 11.1 Å². The molecule has 4 aromatic rings. The monoisotopic (exact) mass is 277 g/mol. The van der Waals surface area contributed by atoms with E-state index in [1.54, 1.807) is 18.5 Å². The van der Waals surface area contributed by atoms with Crippen LogP contribution in [0.4, 0.5) is 4.39 Å². The Kier molecular flexibility index (Phi) is 2.02. The fraction of sp³-hybridized carbons (Fsp3) is 0.176. The molecule has 1 saturated carbocycles. The van der Waals surface area contributed by atoms with Gasteiger partial charge in [0.2, 0.25) is 0 Å². The van der Waals surface area contributed by atoms with E-state index in [0.717, 1.165) is 27.2 Å². The zero-order chi connectivity index (χ0) is 14.0. The van der Waals surface area contributed by atoms with E-state index in [-0.39, 0.29) is 5.82 Å². The van der Waals surface area contributed by atoms with Gasteiger partial charge in [-0.1, -0.05) is 0 Å². The number of nitrogens with zero attached hydrogens (tertiary/aromatic N) is 3. The molecule has 1 fully saturated rings. The topological polar surface area (TPSA) is 30.2 Å². The Labute approximate surface area is 120 Å². The molecule has 0 saturated heterocycles. The predicted molar refractivity (Wildman–Crippen MR) is 79.9 cm³/mol. The van der Waals surface area contributed by atoms with Gasteiger partial charge in [0.25, 0.3) is 0 Å². The normalized spacial score (nSPS) is 15.3. The molecule has 21 heavy (non-hydrogen) atoms. The van der Waals surface area contributed by atoms with Gasteiger partial charge in [0, 0.05) is 28.6 Å². The first-order valence-electron chi connectivity index (χ1n) is 7.16. The molecule has 5 rings (SSSR count). The minimum atomic E-state index is -0.195. The molecule has 102 valence electrons. The number of hydrogen-bond donors (Lipinski definition) is 0. The quantitative estimate of drug-likeness (QED) is 0.525. The molecule has 1 aliphatic rings. The van der Waals surface area contributed by atoms with Crippen LogP contribution in [0.1, 0.15) is 24.5 Å². The summed E-state index contributed by atoms with van der Waals surface area (Å²) in [4.78, 5) is 4.16. The van der Waals surface area contributed by atoms with E-state index < -0.39 is 0 Å². The van der Waals surface area contributed by atoms with Crippen molar-refractivity contribution in [3.05, 3.63) is 54.2 Å². The Morgan fingerprint density at radius 1 is 1.10 bits per heavy atom. The molecule has 0 unspecified atom stereocenters. The van der Waals surface area contributed by atoms with Crippen LogP contribution in [0.15, 0.2) is 42.7 Å². The van der Waals surface area contributed by atoms with Gasteiger partial charge in [0.05, 0.1) is 11.7 Å². The second-order valence-corrected chi connectivity index (χ2v) is 5.73. The van der Waals surface area contributed by atoms with Crippen molar-refractivity contribution in [3.63, 3.8) is 0 Å². The average Bonchev–Trinajstić information content (AvgIpc) is 3.26. The van der Waals surface area contributed by atoms with Gasteiger partial charge in [0.15, 0.2) is 0 Å². The summed E-state index contributed by atoms with van der Waals surface area (Å²) in [6, 6.07) is 9.04. The summed E-state index contributed by atoms with van der Waals surface area (Å²) < 4.78 is 15.6. The average molecular weight is 277 g/mol. The predicted octanol–water partition coefficient (Wildman–Crippen LogP) is 4.05. The largest absolute Gasteiger partial charge is 0.262 e. The number of benzene rings is 1. The zero-order valence-electron chi connectivity index (χ0n) is 11.3. The summed E-state index contributed by atoms with van der Waals surface area (Å²) >= 11 is 0. The summed E-state index contributed by atoms with van der Waals surface area (Å²) in [6.45, 7) is 0. The van der Waals surface area contributed by atoms with Crippen molar-refractivity contribution in [2.24, 2.45) is 0 Å². The van der Waals surface area contributed by atoms with Crippen LogP contribution in [0.5, 0.6) is 0 Å². The van der Waals surface area contributed by atoms with Crippen LogP contribution < -0.4 is 0 Å². The molecule has 0 N–H and O–H groups in total. The summed E-state index contributed by atoms with van der Waals surface area (Å²) in [6.07, 6.45) is 5.94. The highest BCUT2D eigenvalue weighted by Gasteiger charge is 2.28. The maximum Gasteiger partial charge on any atom is 0.123 e. The van der Waals surface area contributed by atoms with Gasteiger partial charge in [-0.15, -0.1) is 0 Å². The Hall–Kier alpha value is -2.49. The molecule has 3 heterocycles. The molecule has 0 radical (unpaired) electrons. The van der Waals surface area contributed by atoms with E-state index in [9.17, 15) is 4.39 Å². The van der Waals surface area contributed by atoms with Crippen molar-refractivity contribution in [2.75, 3.05) is 0 Å². The van der Waals surface area contributed by atoms with Gasteiger partial charge in [0.1, 0.15) is 11.3 Å². The maximum atomic E-state index is 13.6. The van der Waals surface area contributed by atoms with Crippen LogP contribution in [-0.4, -0.2) is 14.6 Å². The van der Waals surface area contributed by atoms with Crippen molar-refractivity contribution in [1.82, 2.24) is 14.6 Å². The van der Waals surface area contributed by atoms with Crippen LogP contribution in [0.2, 0.25) is 0 Å². The van der Waals surface area contributed by atoms with E-state index in [4.69, 9.17) is 5.10 Å². The summed E-state index contributed by atoms with van der Waals surface area (Å²) in [5, 5.41) is 7.77. The van der Waals surface area contributed by atoms with Crippen LogP contribution in [-0.2, 0) is 0 Å². The highest BCUT2D eigenvalue weighted by Crippen LogP contribution is 2.42. The lowest BCUT2D eigenvalue weighted by atomic mass is 10.1. The van der Waals surface area contributed by atoms with Crippen molar-refractivity contribution in [2.45, 2.75) is 18.8 Å². The standard InChI is InChI=1S/C17H12FN3/c18-12-3-4-13-11(7-12)8-16(10-1-2-10)21-17(13)14-5-6-19-9-15(14)20-21/h3-10H,1-2H2. The number of halogens is 1. The van der Waals surface area contributed by atoms with Gasteiger partial charge in [-0.2, -0.15) is 5.10 Å². The number of aromatic nitrogens is 3. The Morgan fingerprint density at radius 3 is 2.86 bits per heavy atom. The van der Waals surface area contributed by atoms with E-state index in [1.807, 2.05) is 16.6 Å². The third-order valence-corrected chi connectivity index (χ3v) is 4.29. The fourth-order valence-corrected chi connectivity index (χ4v) is 3.14. The van der Waals surface area contributed by atoms with Gasteiger partial charge in [-0.3, -0.25) is 4.98 Å².